The maximum atomic E-state index is 13.2. The van der Waals surface area contributed by atoms with Crippen LogP contribution in [0.2, 0.25) is 5.02 Å². The number of hydrogen-bond acceptors (Lipinski definition) is 4. The Kier molecular flexibility index (Phi) is 7.20. The summed E-state index contributed by atoms with van der Waals surface area (Å²) in [6.07, 6.45) is 4.50. The molecule has 1 aromatic carbocycles. The van der Waals surface area contributed by atoms with Crippen molar-refractivity contribution in [1.82, 2.24) is 14.8 Å². The first kappa shape index (κ1) is 22.2. The predicted octanol–water partition coefficient (Wildman–Crippen LogP) is 3.89. The highest BCUT2D eigenvalue weighted by atomic mass is 35.5. The number of aryl methyl sites for hydroxylation is 1. The van der Waals surface area contributed by atoms with Crippen LogP contribution in [0.1, 0.15) is 30.5 Å². The minimum atomic E-state index is -0.215. The Morgan fingerprint density at radius 2 is 2.10 bits per heavy atom. The fourth-order valence-electron chi connectivity index (χ4n) is 4.65. The molecule has 0 saturated carbocycles. The number of nitrogens with zero attached hydrogens (tertiary/aromatic N) is 2. The van der Waals surface area contributed by atoms with Crippen LogP contribution in [-0.4, -0.2) is 66.7 Å². The van der Waals surface area contributed by atoms with Crippen molar-refractivity contribution in [2.45, 2.75) is 32.7 Å². The number of likely N-dealkylation sites (tertiary alicyclic amines) is 1. The molecule has 0 radical (unpaired) electrons. The normalized spacial score (nSPS) is 22.5. The van der Waals surface area contributed by atoms with Crippen LogP contribution in [-0.2, 0) is 16.1 Å². The fourth-order valence-corrected chi connectivity index (χ4v) is 4.77. The van der Waals surface area contributed by atoms with Crippen molar-refractivity contribution in [2.24, 2.45) is 5.41 Å². The minimum Gasteiger partial charge on any atom is -0.493 e. The average molecular weight is 446 g/mol. The highest BCUT2D eigenvalue weighted by Gasteiger charge is 2.39. The van der Waals surface area contributed by atoms with Gasteiger partial charge in [-0.2, -0.15) is 0 Å². The van der Waals surface area contributed by atoms with Crippen LogP contribution in [0.15, 0.2) is 36.5 Å². The maximum Gasteiger partial charge on any atom is 0.223 e. The number of amides is 1. The van der Waals surface area contributed by atoms with Crippen LogP contribution in [0.3, 0.4) is 0 Å². The monoisotopic (exact) mass is 445 g/mol. The van der Waals surface area contributed by atoms with Crippen molar-refractivity contribution < 1.29 is 14.3 Å². The lowest BCUT2D eigenvalue weighted by molar-refractivity contribution is -0.139. The number of hydrogen-bond donors (Lipinski definition) is 1. The van der Waals surface area contributed by atoms with E-state index in [1.54, 1.807) is 0 Å². The summed E-state index contributed by atoms with van der Waals surface area (Å²) < 4.78 is 11.7. The number of aromatic amines is 1. The van der Waals surface area contributed by atoms with Gasteiger partial charge in [0.1, 0.15) is 5.75 Å². The first-order valence-corrected chi connectivity index (χ1v) is 11.5. The summed E-state index contributed by atoms with van der Waals surface area (Å²) in [5.41, 5.74) is 1.98. The van der Waals surface area contributed by atoms with Gasteiger partial charge in [-0.3, -0.25) is 9.69 Å². The second-order valence-electron chi connectivity index (χ2n) is 8.88. The Bertz CT molecular complexity index is 867. The van der Waals surface area contributed by atoms with Crippen molar-refractivity contribution in [2.75, 3.05) is 46.0 Å². The molecule has 0 unspecified atom stereocenters. The molecule has 2 aromatic rings. The molecule has 4 rings (SSSR count). The van der Waals surface area contributed by atoms with Gasteiger partial charge in [0.25, 0.3) is 0 Å². The summed E-state index contributed by atoms with van der Waals surface area (Å²) in [7, 11) is 0. The standard InChI is InChI=1S/C24H32ClN3O3/c1-19-14-21(5-6-22(19)25)31-18-24(15-23(29)28-10-12-30-13-11-28)7-3-9-27(17-24)16-20-4-2-8-26-20/h2,4-6,8,14,26H,3,7,9-13,15-18H2,1H3/t24-/m0/s1. The Morgan fingerprint density at radius 3 is 2.84 bits per heavy atom. The van der Waals surface area contributed by atoms with Crippen molar-refractivity contribution >= 4 is 17.5 Å². The van der Waals surface area contributed by atoms with Crippen LogP contribution in [0, 0.1) is 12.3 Å². The number of carbonyl (C=O) groups excluding carboxylic acids is 1. The van der Waals surface area contributed by atoms with Crippen LogP contribution in [0.4, 0.5) is 0 Å². The van der Waals surface area contributed by atoms with E-state index in [9.17, 15) is 4.79 Å². The van der Waals surface area contributed by atoms with E-state index in [4.69, 9.17) is 21.1 Å². The number of aromatic nitrogens is 1. The summed E-state index contributed by atoms with van der Waals surface area (Å²) in [6, 6.07) is 9.89. The van der Waals surface area contributed by atoms with Gasteiger partial charge in [0.05, 0.1) is 19.8 Å². The Morgan fingerprint density at radius 1 is 1.26 bits per heavy atom. The Balaban J connectivity index is 1.48. The molecule has 2 fully saturated rings. The first-order chi connectivity index (χ1) is 15.0. The molecule has 1 atom stereocenters. The molecule has 1 aromatic heterocycles. The van der Waals surface area contributed by atoms with E-state index in [-0.39, 0.29) is 11.3 Å². The largest absolute Gasteiger partial charge is 0.493 e. The zero-order valence-electron chi connectivity index (χ0n) is 18.2. The van der Waals surface area contributed by atoms with Crippen LogP contribution < -0.4 is 4.74 Å². The third-order valence-corrected chi connectivity index (χ3v) is 6.79. The molecule has 0 spiro atoms. The topological polar surface area (TPSA) is 57.8 Å². The molecule has 7 heteroatoms. The van der Waals surface area contributed by atoms with Gasteiger partial charge in [-0.05, 0) is 62.2 Å². The Labute approximate surface area is 189 Å². The number of benzene rings is 1. The van der Waals surface area contributed by atoms with E-state index in [1.165, 1.54) is 5.69 Å². The van der Waals surface area contributed by atoms with E-state index in [0.29, 0.717) is 39.3 Å². The number of rotatable bonds is 7. The molecule has 2 aliphatic rings. The maximum absolute atomic E-state index is 13.2. The summed E-state index contributed by atoms with van der Waals surface area (Å²) >= 11 is 6.17. The van der Waals surface area contributed by atoms with E-state index >= 15 is 0 Å². The summed E-state index contributed by atoms with van der Waals surface area (Å²) in [5.74, 6) is 1.02. The first-order valence-electron chi connectivity index (χ1n) is 11.1. The lowest BCUT2D eigenvalue weighted by Crippen LogP contribution is -2.50. The van der Waals surface area contributed by atoms with E-state index in [0.717, 1.165) is 48.8 Å². The number of nitrogens with one attached hydrogen (secondary N) is 1. The zero-order chi connectivity index (χ0) is 21.7. The van der Waals surface area contributed by atoms with Gasteiger partial charge < -0.3 is 19.4 Å². The van der Waals surface area contributed by atoms with Gasteiger partial charge >= 0.3 is 0 Å². The molecule has 31 heavy (non-hydrogen) atoms. The predicted molar refractivity (Wildman–Crippen MR) is 121 cm³/mol. The van der Waals surface area contributed by atoms with Gasteiger partial charge in [0, 0.05) is 54.9 Å². The van der Waals surface area contributed by atoms with Crippen molar-refractivity contribution in [3.8, 4) is 5.75 Å². The molecular weight excluding hydrogens is 414 g/mol. The van der Waals surface area contributed by atoms with Crippen molar-refractivity contribution in [1.29, 1.82) is 0 Å². The summed E-state index contributed by atoms with van der Waals surface area (Å²) in [5, 5.41) is 0.736. The summed E-state index contributed by atoms with van der Waals surface area (Å²) in [6.45, 7) is 7.84. The third-order valence-electron chi connectivity index (χ3n) is 6.36. The van der Waals surface area contributed by atoms with Crippen molar-refractivity contribution in [3.05, 3.63) is 52.8 Å². The smallest absolute Gasteiger partial charge is 0.223 e. The molecule has 6 nitrogen and oxygen atoms in total. The number of carbonyl (C=O) groups is 1. The molecular formula is C24H32ClN3O3. The number of ether oxygens (including phenoxy) is 2. The molecule has 168 valence electrons. The van der Waals surface area contributed by atoms with Crippen LogP contribution in [0.25, 0.3) is 0 Å². The van der Waals surface area contributed by atoms with E-state index in [2.05, 4.69) is 16.0 Å². The molecule has 3 heterocycles. The fraction of sp³-hybridized carbons (Fsp3) is 0.542. The lowest BCUT2D eigenvalue weighted by Gasteiger charge is -2.43. The second kappa shape index (κ2) is 10.1. The van der Waals surface area contributed by atoms with Gasteiger partial charge in [-0.1, -0.05) is 11.6 Å². The molecule has 1 N–H and O–H groups in total. The molecule has 1 amide bonds. The van der Waals surface area contributed by atoms with E-state index in [1.807, 2.05) is 42.3 Å². The van der Waals surface area contributed by atoms with Crippen LogP contribution in [0.5, 0.6) is 5.75 Å². The average Bonchev–Trinajstić information content (AvgIpc) is 3.28. The Hall–Kier alpha value is -2.02. The zero-order valence-corrected chi connectivity index (χ0v) is 19.0. The van der Waals surface area contributed by atoms with Gasteiger partial charge in [-0.25, -0.2) is 0 Å². The molecule has 2 aliphatic heterocycles. The number of piperidine rings is 1. The molecule has 2 saturated heterocycles. The third kappa shape index (κ3) is 5.82. The lowest BCUT2D eigenvalue weighted by atomic mass is 9.77. The highest BCUT2D eigenvalue weighted by molar-refractivity contribution is 6.31. The molecule has 0 aliphatic carbocycles. The SMILES string of the molecule is Cc1cc(OC[C@]2(CC(=O)N3CCOCC3)CCCN(Cc3ccc[nH]3)C2)ccc1Cl. The number of halogens is 1. The number of H-pyrrole nitrogens is 1. The van der Waals surface area contributed by atoms with Gasteiger partial charge in [0.2, 0.25) is 5.91 Å². The number of morpholine rings is 1. The van der Waals surface area contributed by atoms with Crippen molar-refractivity contribution in [3.63, 3.8) is 0 Å². The second-order valence-corrected chi connectivity index (χ2v) is 9.29. The van der Waals surface area contributed by atoms with Gasteiger partial charge in [-0.15, -0.1) is 0 Å². The highest BCUT2D eigenvalue weighted by Crippen LogP contribution is 2.36. The summed E-state index contributed by atoms with van der Waals surface area (Å²) in [4.78, 5) is 20.9. The molecule has 0 bridgehead atoms. The van der Waals surface area contributed by atoms with Crippen LogP contribution >= 0.6 is 11.6 Å². The minimum absolute atomic E-state index is 0.209. The quantitative estimate of drug-likeness (QED) is 0.702. The van der Waals surface area contributed by atoms with Gasteiger partial charge in [0.15, 0.2) is 0 Å². The van der Waals surface area contributed by atoms with E-state index < -0.39 is 0 Å².